The largest absolute Gasteiger partial charge is 0.480 e. The number of carboxylic acids is 1. The van der Waals surface area contributed by atoms with E-state index in [1.54, 1.807) is 23.1 Å². The number of hydrogen-bond acceptors (Lipinski definition) is 4. The Bertz CT molecular complexity index is 954. The number of carbonyl (C=O) groups excluding carboxylic acids is 1. The van der Waals surface area contributed by atoms with Gasteiger partial charge in [-0.05, 0) is 43.7 Å². The molecule has 28 heavy (non-hydrogen) atoms. The molecule has 1 aromatic heterocycles. The molecule has 0 bridgehead atoms. The van der Waals surface area contributed by atoms with Crippen LogP contribution in [0.2, 0.25) is 0 Å². The molecular weight excluding hydrogens is 358 g/mol. The number of benzene rings is 1. The molecule has 0 unspecified atom stereocenters. The summed E-state index contributed by atoms with van der Waals surface area (Å²) in [5, 5.41) is 10.1. The Kier molecular flexibility index (Phi) is 5.15. The lowest BCUT2D eigenvalue weighted by molar-refractivity contribution is -0.149. The number of para-hydroxylation sites is 1. The molecule has 2 fully saturated rings. The third kappa shape index (κ3) is 3.53. The van der Waals surface area contributed by atoms with E-state index in [4.69, 9.17) is 0 Å². The summed E-state index contributed by atoms with van der Waals surface area (Å²) in [4.78, 5) is 45.6. The Morgan fingerprint density at radius 1 is 1.21 bits per heavy atom. The quantitative estimate of drug-likeness (QED) is 0.826. The summed E-state index contributed by atoms with van der Waals surface area (Å²) in [5.41, 5.74) is 0.463. The number of likely N-dealkylation sites (tertiary alicyclic amines) is 1. The van der Waals surface area contributed by atoms with Crippen molar-refractivity contribution in [3.8, 4) is 0 Å². The van der Waals surface area contributed by atoms with E-state index in [1.165, 1.54) is 0 Å². The van der Waals surface area contributed by atoms with Gasteiger partial charge in [0.05, 0.1) is 10.9 Å². The molecule has 1 saturated heterocycles. The van der Waals surface area contributed by atoms with Gasteiger partial charge < -0.3 is 15.0 Å². The molecule has 1 aromatic carbocycles. The monoisotopic (exact) mass is 383 g/mol. The molecule has 4 rings (SSSR count). The van der Waals surface area contributed by atoms with Crippen molar-refractivity contribution < 1.29 is 14.7 Å². The highest BCUT2D eigenvalue weighted by Crippen LogP contribution is 2.40. The summed E-state index contributed by atoms with van der Waals surface area (Å²) in [7, 11) is 0. The fourth-order valence-corrected chi connectivity index (χ4v) is 4.83. The van der Waals surface area contributed by atoms with Crippen LogP contribution in [0.25, 0.3) is 10.9 Å². The first-order chi connectivity index (χ1) is 13.5. The van der Waals surface area contributed by atoms with Crippen LogP contribution in [0, 0.1) is 5.92 Å². The number of H-pyrrole nitrogens is 1. The van der Waals surface area contributed by atoms with Crippen LogP contribution in [0.4, 0.5) is 0 Å². The van der Waals surface area contributed by atoms with Crippen molar-refractivity contribution in [3.63, 3.8) is 0 Å². The van der Waals surface area contributed by atoms with Crippen molar-refractivity contribution in [1.29, 1.82) is 0 Å². The number of nitrogens with one attached hydrogen (secondary N) is 1. The van der Waals surface area contributed by atoms with E-state index in [-0.39, 0.29) is 23.9 Å². The van der Waals surface area contributed by atoms with Gasteiger partial charge in [-0.1, -0.05) is 25.0 Å². The van der Waals surface area contributed by atoms with Crippen molar-refractivity contribution in [1.82, 2.24) is 14.9 Å². The van der Waals surface area contributed by atoms with Gasteiger partial charge >= 0.3 is 5.97 Å². The van der Waals surface area contributed by atoms with Crippen molar-refractivity contribution >= 4 is 22.8 Å². The molecule has 0 radical (unpaired) electrons. The molecule has 1 aliphatic carbocycles. The van der Waals surface area contributed by atoms with E-state index >= 15 is 0 Å². The standard InChI is InChI=1S/C21H25N3O4/c25-19(24-16-9-4-1-6-13(16)12-17(24)21(27)28)11-5-10-18-22-15-8-3-2-7-14(15)20(26)23-18/h2-3,7-8,13,16-17H,1,4-6,9-12H2,(H,27,28)(H,22,23,26)/t13-,16-,17+/m1/s1. The van der Waals surface area contributed by atoms with E-state index in [1.807, 2.05) is 6.07 Å². The summed E-state index contributed by atoms with van der Waals surface area (Å²) in [5.74, 6) is -0.117. The number of aliphatic carboxylic acids is 1. The Balaban J connectivity index is 1.42. The van der Waals surface area contributed by atoms with Crippen LogP contribution in [0.1, 0.15) is 50.8 Å². The molecular formula is C21H25N3O4. The van der Waals surface area contributed by atoms with Crippen LogP contribution in [0.3, 0.4) is 0 Å². The van der Waals surface area contributed by atoms with Crippen molar-refractivity contribution in [3.05, 3.63) is 40.4 Å². The van der Waals surface area contributed by atoms with Gasteiger partial charge in [-0.2, -0.15) is 0 Å². The van der Waals surface area contributed by atoms with Crippen LogP contribution < -0.4 is 5.56 Å². The third-order valence-electron chi connectivity index (χ3n) is 6.13. The fraction of sp³-hybridized carbons (Fsp3) is 0.524. The maximum atomic E-state index is 12.9. The van der Waals surface area contributed by atoms with E-state index < -0.39 is 12.0 Å². The number of aromatic amines is 1. The zero-order valence-electron chi connectivity index (χ0n) is 15.8. The number of rotatable bonds is 5. The Labute approximate surface area is 162 Å². The van der Waals surface area contributed by atoms with Crippen LogP contribution in [-0.2, 0) is 16.0 Å². The highest BCUT2D eigenvalue weighted by Gasteiger charge is 2.47. The summed E-state index contributed by atoms with van der Waals surface area (Å²) in [6.45, 7) is 0. The number of aromatic nitrogens is 2. The Morgan fingerprint density at radius 3 is 2.82 bits per heavy atom. The second-order valence-electron chi connectivity index (χ2n) is 7.89. The van der Waals surface area contributed by atoms with Gasteiger partial charge in [0.15, 0.2) is 0 Å². The molecule has 148 valence electrons. The predicted molar refractivity (Wildman–Crippen MR) is 104 cm³/mol. The third-order valence-corrected chi connectivity index (χ3v) is 6.13. The van der Waals surface area contributed by atoms with Crippen LogP contribution >= 0.6 is 0 Å². The molecule has 3 atom stereocenters. The number of amides is 1. The minimum atomic E-state index is -0.900. The van der Waals surface area contributed by atoms with Gasteiger partial charge in [0.25, 0.3) is 5.56 Å². The summed E-state index contributed by atoms with van der Waals surface area (Å²) in [6, 6.07) is 6.53. The number of carbonyl (C=O) groups is 2. The van der Waals surface area contributed by atoms with Gasteiger partial charge in [0.1, 0.15) is 11.9 Å². The highest BCUT2D eigenvalue weighted by atomic mass is 16.4. The predicted octanol–water partition coefficient (Wildman–Crippen LogP) is 2.49. The number of aryl methyl sites for hydroxylation is 1. The maximum absolute atomic E-state index is 12.9. The first kappa shape index (κ1) is 18.7. The van der Waals surface area contributed by atoms with Crippen molar-refractivity contribution in [2.24, 2.45) is 5.92 Å². The minimum Gasteiger partial charge on any atom is -0.480 e. The molecule has 2 N–H and O–H groups in total. The zero-order chi connectivity index (χ0) is 19.7. The van der Waals surface area contributed by atoms with Crippen LogP contribution in [0.5, 0.6) is 0 Å². The fourth-order valence-electron chi connectivity index (χ4n) is 4.83. The molecule has 2 aliphatic rings. The van der Waals surface area contributed by atoms with E-state index in [9.17, 15) is 19.5 Å². The highest BCUT2D eigenvalue weighted by molar-refractivity contribution is 5.84. The average Bonchev–Trinajstić information content (AvgIpc) is 3.08. The summed E-state index contributed by atoms with van der Waals surface area (Å²) in [6.07, 6.45) is 5.94. The molecule has 7 nitrogen and oxygen atoms in total. The summed E-state index contributed by atoms with van der Waals surface area (Å²) < 4.78 is 0. The van der Waals surface area contributed by atoms with Gasteiger partial charge in [0.2, 0.25) is 5.91 Å². The van der Waals surface area contributed by atoms with Gasteiger partial charge in [-0.3, -0.25) is 9.59 Å². The second kappa shape index (κ2) is 7.73. The number of carboxylic acid groups (broad SMARTS) is 1. The number of nitrogens with zero attached hydrogens (tertiary/aromatic N) is 2. The molecule has 2 aromatic rings. The molecule has 1 aliphatic heterocycles. The molecule has 2 heterocycles. The van der Waals surface area contributed by atoms with Crippen LogP contribution in [-0.4, -0.2) is 43.9 Å². The molecule has 7 heteroatoms. The minimum absolute atomic E-state index is 0.0703. The van der Waals surface area contributed by atoms with Gasteiger partial charge in [0, 0.05) is 18.9 Å². The van der Waals surface area contributed by atoms with E-state index in [0.29, 0.717) is 41.9 Å². The molecule has 1 amide bonds. The first-order valence-electron chi connectivity index (χ1n) is 10.1. The van der Waals surface area contributed by atoms with E-state index in [2.05, 4.69) is 9.97 Å². The molecule has 1 saturated carbocycles. The Hall–Kier alpha value is -2.70. The zero-order valence-corrected chi connectivity index (χ0v) is 15.8. The maximum Gasteiger partial charge on any atom is 0.326 e. The van der Waals surface area contributed by atoms with Crippen molar-refractivity contribution in [2.75, 3.05) is 0 Å². The summed E-state index contributed by atoms with van der Waals surface area (Å²) >= 11 is 0. The van der Waals surface area contributed by atoms with Crippen molar-refractivity contribution in [2.45, 2.75) is 63.5 Å². The smallest absolute Gasteiger partial charge is 0.326 e. The normalized spacial score (nSPS) is 24.3. The number of fused-ring (bicyclic) bond motifs is 2. The SMILES string of the molecule is O=C(O)[C@@H]1C[C@H]2CCCC[C@H]2N1C(=O)CCCc1nc2ccccc2c(=O)[nH]1. The van der Waals surface area contributed by atoms with Gasteiger partial charge in [-0.25, -0.2) is 9.78 Å². The average molecular weight is 383 g/mol. The first-order valence-corrected chi connectivity index (χ1v) is 10.1. The lowest BCUT2D eigenvalue weighted by Gasteiger charge is -2.33. The lowest BCUT2D eigenvalue weighted by atomic mass is 9.84. The number of hydrogen-bond donors (Lipinski definition) is 2. The Morgan fingerprint density at radius 2 is 2.00 bits per heavy atom. The van der Waals surface area contributed by atoms with Gasteiger partial charge in [-0.15, -0.1) is 0 Å². The van der Waals surface area contributed by atoms with E-state index in [0.717, 1.165) is 25.7 Å². The second-order valence-corrected chi connectivity index (χ2v) is 7.89. The molecule has 0 spiro atoms. The van der Waals surface area contributed by atoms with Crippen LogP contribution in [0.15, 0.2) is 29.1 Å². The lowest BCUT2D eigenvalue weighted by Crippen LogP contribution is -2.46. The topological polar surface area (TPSA) is 103 Å².